The van der Waals surface area contributed by atoms with Crippen LogP contribution >= 0.6 is 0 Å². The third-order valence-corrected chi connectivity index (χ3v) is 3.62. The number of sulfonamides is 1. The fraction of sp³-hybridized carbons (Fsp3) is 0.200. The summed E-state index contributed by atoms with van der Waals surface area (Å²) in [6.45, 7) is 0. The molecule has 0 aromatic heterocycles. The molecule has 0 saturated carbocycles. The molecule has 0 aliphatic carbocycles. The maximum atomic E-state index is 12.8. The molecule has 0 unspecified atom stereocenters. The van der Waals surface area contributed by atoms with Crippen molar-refractivity contribution in [2.75, 3.05) is 11.0 Å². The van der Waals surface area contributed by atoms with Crippen molar-refractivity contribution < 1.29 is 39.5 Å². The van der Waals surface area contributed by atoms with E-state index in [1.54, 1.807) is 0 Å². The minimum Gasteiger partial charge on any atom is -0.404 e. The van der Waals surface area contributed by atoms with Crippen LogP contribution in [0.3, 0.4) is 0 Å². The van der Waals surface area contributed by atoms with Gasteiger partial charge in [-0.25, -0.2) is 8.42 Å². The summed E-state index contributed by atoms with van der Waals surface area (Å²) < 4.78 is 104. The summed E-state index contributed by atoms with van der Waals surface area (Å²) in [6.07, 6.45) is -9.02. The lowest BCUT2D eigenvalue weighted by Crippen LogP contribution is -2.19. The van der Waals surface area contributed by atoms with Crippen LogP contribution in [0.1, 0.15) is 5.56 Å². The van der Waals surface area contributed by atoms with E-state index in [2.05, 4.69) is 4.74 Å². The first-order valence-electron chi connectivity index (χ1n) is 6.80. The van der Waals surface area contributed by atoms with Gasteiger partial charge in [-0.1, -0.05) is 18.2 Å². The van der Waals surface area contributed by atoms with Crippen LogP contribution in [0.15, 0.2) is 42.5 Å². The van der Waals surface area contributed by atoms with E-state index in [0.29, 0.717) is 0 Å². The molecule has 142 valence electrons. The molecule has 0 spiro atoms. The zero-order valence-electron chi connectivity index (χ0n) is 12.9. The molecular weight excluding hydrogens is 388 g/mol. The Morgan fingerprint density at radius 3 is 2.08 bits per heavy atom. The molecule has 1 N–H and O–H groups in total. The molecule has 26 heavy (non-hydrogen) atoms. The van der Waals surface area contributed by atoms with E-state index in [9.17, 15) is 34.8 Å². The average Bonchev–Trinajstić information content (AvgIpc) is 2.45. The van der Waals surface area contributed by atoms with Crippen LogP contribution < -0.4 is 9.46 Å². The lowest BCUT2D eigenvalue weighted by atomic mass is 10.0. The van der Waals surface area contributed by atoms with E-state index < -0.39 is 39.6 Å². The topological polar surface area (TPSA) is 55.4 Å². The quantitative estimate of drug-likeness (QED) is 0.762. The van der Waals surface area contributed by atoms with Gasteiger partial charge in [0.15, 0.2) is 5.75 Å². The predicted octanol–water partition coefficient (Wildman–Crippen LogP) is 4.64. The van der Waals surface area contributed by atoms with Crippen molar-refractivity contribution in [3.8, 4) is 16.9 Å². The fourth-order valence-corrected chi connectivity index (χ4v) is 2.64. The van der Waals surface area contributed by atoms with Gasteiger partial charge in [0.1, 0.15) is 0 Å². The molecule has 0 saturated heterocycles. The fourth-order valence-electron chi connectivity index (χ4n) is 2.07. The van der Waals surface area contributed by atoms with Crippen molar-refractivity contribution in [2.24, 2.45) is 0 Å². The summed E-state index contributed by atoms with van der Waals surface area (Å²) in [6, 6.07) is 6.89. The van der Waals surface area contributed by atoms with E-state index in [-0.39, 0.29) is 11.1 Å². The maximum Gasteiger partial charge on any atom is 0.573 e. The number of rotatable bonds is 4. The lowest BCUT2D eigenvalue weighted by molar-refractivity contribution is -0.274. The third-order valence-electron chi connectivity index (χ3n) is 3.03. The highest BCUT2D eigenvalue weighted by Crippen LogP contribution is 2.37. The van der Waals surface area contributed by atoms with Crippen LogP contribution in [-0.2, 0) is 16.2 Å². The minimum absolute atomic E-state index is 0.0160. The molecule has 0 radical (unpaired) electrons. The highest BCUT2D eigenvalue weighted by Gasteiger charge is 2.33. The highest BCUT2D eigenvalue weighted by atomic mass is 32.2. The van der Waals surface area contributed by atoms with Gasteiger partial charge in [0.05, 0.1) is 17.5 Å². The number of anilines is 1. The van der Waals surface area contributed by atoms with Gasteiger partial charge in [0.2, 0.25) is 10.0 Å². The Kier molecular flexibility index (Phi) is 5.13. The third kappa shape index (κ3) is 5.55. The van der Waals surface area contributed by atoms with Gasteiger partial charge in [-0.3, -0.25) is 4.72 Å². The van der Waals surface area contributed by atoms with E-state index in [0.717, 1.165) is 36.6 Å². The van der Waals surface area contributed by atoms with Gasteiger partial charge in [0, 0.05) is 0 Å². The zero-order valence-corrected chi connectivity index (χ0v) is 13.8. The van der Waals surface area contributed by atoms with Crippen molar-refractivity contribution in [2.45, 2.75) is 12.5 Å². The van der Waals surface area contributed by atoms with Crippen molar-refractivity contribution in [3.05, 3.63) is 48.0 Å². The highest BCUT2D eigenvalue weighted by molar-refractivity contribution is 7.92. The van der Waals surface area contributed by atoms with E-state index in [1.807, 2.05) is 4.72 Å². The number of alkyl halides is 6. The van der Waals surface area contributed by atoms with Crippen molar-refractivity contribution in [1.29, 1.82) is 0 Å². The Bertz CT molecular complexity index is 906. The monoisotopic (exact) mass is 399 g/mol. The standard InChI is InChI=1S/C15H11F6NO3S/c1-26(23,24)22-12-6-5-10(8-13(12)25-15(19,20)21)9-3-2-4-11(7-9)14(16,17)18/h2-8,22H,1H3. The second kappa shape index (κ2) is 6.71. The molecule has 11 heteroatoms. The van der Waals surface area contributed by atoms with Crippen molar-refractivity contribution in [3.63, 3.8) is 0 Å². The number of ether oxygens (including phenoxy) is 1. The molecule has 4 nitrogen and oxygen atoms in total. The second-order valence-electron chi connectivity index (χ2n) is 5.21. The number of nitrogens with one attached hydrogen (secondary N) is 1. The number of hydrogen-bond acceptors (Lipinski definition) is 3. The van der Waals surface area contributed by atoms with Crippen LogP contribution in [0.4, 0.5) is 32.0 Å². The summed E-state index contributed by atoms with van der Waals surface area (Å²) in [5, 5.41) is 0. The number of hydrogen-bond donors (Lipinski definition) is 1. The van der Waals surface area contributed by atoms with E-state index in [1.165, 1.54) is 12.1 Å². The van der Waals surface area contributed by atoms with Crippen LogP contribution in [-0.4, -0.2) is 21.0 Å². The number of benzene rings is 2. The van der Waals surface area contributed by atoms with Crippen LogP contribution in [0.2, 0.25) is 0 Å². The summed E-state index contributed by atoms with van der Waals surface area (Å²) in [5.41, 5.74) is -1.51. The SMILES string of the molecule is CS(=O)(=O)Nc1ccc(-c2cccc(C(F)(F)F)c2)cc1OC(F)(F)F. The molecule has 0 aliphatic rings. The zero-order chi connectivity index (χ0) is 19.8. The second-order valence-corrected chi connectivity index (χ2v) is 6.96. The molecular formula is C15H11F6NO3S. The minimum atomic E-state index is -5.12. The van der Waals surface area contributed by atoms with Gasteiger partial charge in [0.25, 0.3) is 0 Å². The molecule has 0 bridgehead atoms. The molecule has 0 amide bonds. The summed E-state index contributed by atoms with van der Waals surface area (Å²) >= 11 is 0. The normalized spacial score (nSPS) is 12.7. The Balaban J connectivity index is 2.53. The smallest absolute Gasteiger partial charge is 0.404 e. The van der Waals surface area contributed by atoms with Crippen LogP contribution in [0, 0.1) is 0 Å². The summed E-state index contributed by atoms with van der Waals surface area (Å²) in [5.74, 6) is -0.891. The average molecular weight is 399 g/mol. The Labute approximate surface area is 144 Å². The molecule has 0 fully saturated rings. The molecule has 2 aromatic rings. The van der Waals surface area contributed by atoms with Crippen LogP contribution in [0.25, 0.3) is 11.1 Å². The molecule has 2 aromatic carbocycles. The van der Waals surface area contributed by atoms with Gasteiger partial charge >= 0.3 is 12.5 Å². The van der Waals surface area contributed by atoms with E-state index in [4.69, 9.17) is 0 Å². The first-order chi connectivity index (χ1) is 11.7. The number of halogens is 6. The van der Waals surface area contributed by atoms with Gasteiger partial charge in [-0.2, -0.15) is 13.2 Å². The van der Waals surface area contributed by atoms with Crippen molar-refractivity contribution >= 4 is 15.7 Å². The molecule has 2 rings (SSSR count). The Morgan fingerprint density at radius 1 is 0.923 bits per heavy atom. The molecule has 0 aliphatic heterocycles. The first-order valence-corrected chi connectivity index (χ1v) is 8.69. The molecule has 0 heterocycles. The summed E-state index contributed by atoms with van der Waals surface area (Å²) in [7, 11) is -3.90. The van der Waals surface area contributed by atoms with Gasteiger partial charge < -0.3 is 4.74 Å². The molecule has 0 atom stereocenters. The predicted molar refractivity (Wildman–Crippen MR) is 82.0 cm³/mol. The summed E-state index contributed by atoms with van der Waals surface area (Å²) in [4.78, 5) is 0. The van der Waals surface area contributed by atoms with E-state index >= 15 is 0 Å². The largest absolute Gasteiger partial charge is 0.573 e. The van der Waals surface area contributed by atoms with Crippen LogP contribution in [0.5, 0.6) is 5.75 Å². The first kappa shape index (κ1) is 19.9. The Morgan fingerprint density at radius 2 is 1.54 bits per heavy atom. The van der Waals surface area contributed by atoms with Gasteiger partial charge in [-0.15, -0.1) is 13.2 Å². The maximum absolute atomic E-state index is 12.8. The lowest BCUT2D eigenvalue weighted by Gasteiger charge is -2.16. The van der Waals surface area contributed by atoms with Crippen molar-refractivity contribution in [1.82, 2.24) is 0 Å². The van der Waals surface area contributed by atoms with Gasteiger partial charge in [-0.05, 0) is 35.4 Å². The Hall–Kier alpha value is -2.43.